The first-order valence-electron chi connectivity index (χ1n) is 7.61. The van der Waals surface area contributed by atoms with E-state index in [0.717, 1.165) is 19.2 Å². The van der Waals surface area contributed by atoms with Crippen LogP contribution in [0.25, 0.3) is 0 Å². The fourth-order valence-corrected chi connectivity index (χ4v) is 3.67. The summed E-state index contributed by atoms with van der Waals surface area (Å²) in [4.78, 5) is 24.5. The van der Waals surface area contributed by atoms with Crippen molar-refractivity contribution in [1.82, 2.24) is 5.32 Å². The maximum Gasteiger partial charge on any atom is 0.416 e. The summed E-state index contributed by atoms with van der Waals surface area (Å²) in [6, 6.07) is 8.29. The highest BCUT2D eigenvalue weighted by molar-refractivity contribution is 9.11. The number of benzene rings is 2. The van der Waals surface area contributed by atoms with Crippen molar-refractivity contribution in [3.8, 4) is 0 Å². The molecule has 2 rings (SSSR count). The van der Waals surface area contributed by atoms with Gasteiger partial charge in [-0.05, 0) is 29.8 Å². The van der Waals surface area contributed by atoms with Crippen LogP contribution in [0, 0.1) is 0 Å². The van der Waals surface area contributed by atoms with E-state index in [1.807, 2.05) is 0 Å². The van der Waals surface area contributed by atoms with Crippen LogP contribution in [0.3, 0.4) is 0 Å². The molecule has 0 aliphatic carbocycles. The van der Waals surface area contributed by atoms with E-state index in [1.54, 1.807) is 18.2 Å². The lowest BCUT2D eigenvalue weighted by molar-refractivity contribution is -0.142. The lowest BCUT2D eigenvalue weighted by atomic mass is 10.0. The van der Waals surface area contributed by atoms with Gasteiger partial charge in [0.1, 0.15) is 6.04 Å². The second kappa shape index (κ2) is 8.88. The van der Waals surface area contributed by atoms with Crippen LogP contribution in [-0.2, 0) is 22.1 Å². The lowest BCUT2D eigenvalue weighted by Gasteiger charge is -2.17. The summed E-state index contributed by atoms with van der Waals surface area (Å²) in [5.41, 5.74) is -0.309. The smallest absolute Gasteiger partial charge is 0.416 e. The fourth-order valence-electron chi connectivity index (χ4n) is 2.37. The molecule has 27 heavy (non-hydrogen) atoms. The monoisotopic (exact) mass is 507 g/mol. The minimum absolute atomic E-state index is 0.141. The van der Waals surface area contributed by atoms with E-state index >= 15 is 0 Å². The normalized spacial score (nSPS) is 12.4. The highest BCUT2D eigenvalue weighted by Gasteiger charge is 2.31. The van der Waals surface area contributed by atoms with Gasteiger partial charge in [0.2, 0.25) is 0 Å². The molecular formula is C18H14Br2F3NO3. The van der Waals surface area contributed by atoms with Gasteiger partial charge in [0.15, 0.2) is 0 Å². The Balaban J connectivity index is 2.23. The Morgan fingerprint density at radius 1 is 1.11 bits per heavy atom. The minimum Gasteiger partial charge on any atom is -0.467 e. The number of esters is 1. The van der Waals surface area contributed by atoms with Gasteiger partial charge in [-0.2, -0.15) is 13.2 Å². The summed E-state index contributed by atoms with van der Waals surface area (Å²) in [6.07, 6.45) is -4.64. The van der Waals surface area contributed by atoms with Gasteiger partial charge >= 0.3 is 12.1 Å². The molecule has 1 amide bonds. The maximum atomic E-state index is 12.9. The van der Waals surface area contributed by atoms with E-state index in [0.29, 0.717) is 8.95 Å². The zero-order chi connectivity index (χ0) is 20.2. The Hall–Kier alpha value is -1.87. The molecule has 2 aromatic carbocycles. The van der Waals surface area contributed by atoms with Gasteiger partial charge in [-0.3, -0.25) is 4.79 Å². The van der Waals surface area contributed by atoms with Gasteiger partial charge in [0, 0.05) is 20.9 Å². The minimum atomic E-state index is -4.50. The summed E-state index contributed by atoms with van der Waals surface area (Å²) >= 11 is 6.52. The van der Waals surface area contributed by atoms with Gasteiger partial charge in [0.05, 0.1) is 12.7 Å². The Morgan fingerprint density at radius 2 is 1.74 bits per heavy atom. The van der Waals surface area contributed by atoms with Crippen molar-refractivity contribution in [2.24, 2.45) is 0 Å². The molecule has 1 atom stereocenters. The first kappa shape index (κ1) is 21.4. The molecule has 0 radical (unpaired) electrons. The third kappa shape index (κ3) is 6.07. The number of carbonyl (C=O) groups is 2. The van der Waals surface area contributed by atoms with E-state index in [-0.39, 0.29) is 17.5 Å². The number of ether oxygens (including phenoxy) is 1. The quantitative estimate of drug-likeness (QED) is 0.593. The number of hydrogen-bond acceptors (Lipinski definition) is 3. The summed E-state index contributed by atoms with van der Waals surface area (Å²) in [7, 11) is 1.14. The Morgan fingerprint density at radius 3 is 2.30 bits per heavy atom. The van der Waals surface area contributed by atoms with Gasteiger partial charge < -0.3 is 10.1 Å². The molecule has 0 unspecified atom stereocenters. The first-order valence-corrected chi connectivity index (χ1v) is 9.19. The molecule has 144 valence electrons. The number of alkyl halides is 3. The summed E-state index contributed by atoms with van der Waals surface area (Å²) < 4.78 is 44.6. The molecule has 0 bridgehead atoms. The highest BCUT2D eigenvalue weighted by Crippen LogP contribution is 2.29. The standard InChI is InChI=1S/C18H14Br2F3NO3/c1-27-17(26)15(6-10-3-2-4-12(5-10)18(21,22)23)24-16(25)11-7-13(19)9-14(20)8-11/h2-5,7-9,15H,6H2,1H3,(H,24,25)/t15-/m1/s1. The summed E-state index contributed by atoms with van der Waals surface area (Å²) in [5.74, 6) is -1.31. The average molecular weight is 509 g/mol. The van der Waals surface area contributed by atoms with E-state index in [1.165, 1.54) is 12.1 Å². The number of amides is 1. The van der Waals surface area contributed by atoms with Crippen molar-refractivity contribution < 1.29 is 27.5 Å². The summed E-state index contributed by atoms with van der Waals surface area (Å²) in [6.45, 7) is 0. The number of hydrogen-bond donors (Lipinski definition) is 1. The Bertz CT molecular complexity index is 836. The molecule has 2 aromatic rings. The van der Waals surface area contributed by atoms with Crippen molar-refractivity contribution in [2.75, 3.05) is 7.11 Å². The molecule has 4 nitrogen and oxygen atoms in total. The van der Waals surface area contributed by atoms with Gasteiger partial charge in [-0.15, -0.1) is 0 Å². The van der Waals surface area contributed by atoms with Crippen LogP contribution in [-0.4, -0.2) is 25.0 Å². The molecule has 0 saturated carbocycles. The fraction of sp³-hybridized carbons (Fsp3) is 0.222. The van der Waals surface area contributed by atoms with Crippen LogP contribution in [0.15, 0.2) is 51.4 Å². The number of methoxy groups -OCH3 is 1. The van der Waals surface area contributed by atoms with Gasteiger partial charge in [0.25, 0.3) is 5.91 Å². The van der Waals surface area contributed by atoms with Crippen molar-refractivity contribution >= 4 is 43.7 Å². The molecule has 0 heterocycles. The molecule has 0 fully saturated rings. The second-order valence-electron chi connectivity index (χ2n) is 5.61. The van der Waals surface area contributed by atoms with E-state index in [2.05, 4.69) is 41.9 Å². The number of halogens is 5. The molecule has 0 spiro atoms. The topological polar surface area (TPSA) is 55.4 Å². The summed E-state index contributed by atoms with van der Waals surface area (Å²) in [5, 5.41) is 2.51. The molecule has 1 N–H and O–H groups in total. The third-order valence-corrected chi connectivity index (χ3v) is 4.53. The van der Waals surface area contributed by atoms with Crippen LogP contribution in [0.5, 0.6) is 0 Å². The molecule has 0 aliphatic heterocycles. The molecule has 0 saturated heterocycles. The van der Waals surface area contributed by atoms with Crippen molar-refractivity contribution in [2.45, 2.75) is 18.6 Å². The molecule has 0 aromatic heterocycles. The third-order valence-electron chi connectivity index (χ3n) is 3.61. The van der Waals surface area contributed by atoms with E-state index < -0.39 is 29.7 Å². The average Bonchev–Trinajstić information content (AvgIpc) is 2.59. The Labute approximate surface area is 170 Å². The highest BCUT2D eigenvalue weighted by atomic mass is 79.9. The number of nitrogens with one attached hydrogen (secondary N) is 1. The van der Waals surface area contributed by atoms with Crippen LogP contribution >= 0.6 is 31.9 Å². The van der Waals surface area contributed by atoms with Crippen LogP contribution in [0.2, 0.25) is 0 Å². The van der Waals surface area contributed by atoms with E-state index in [9.17, 15) is 22.8 Å². The molecule has 9 heteroatoms. The van der Waals surface area contributed by atoms with Gasteiger partial charge in [-0.1, -0.05) is 50.1 Å². The zero-order valence-electron chi connectivity index (χ0n) is 13.9. The van der Waals surface area contributed by atoms with E-state index in [4.69, 9.17) is 0 Å². The predicted molar refractivity (Wildman–Crippen MR) is 100 cm³/mol. The maximum absolute atomic E-state index is 12.9. The molecular weight excluding hydrogens is 495 g/mol. The number of carbonyl (C=O) groups excluding carboxylic acids is 2. The molecule has 0 aliphatic rings. The van der Waals surface area contributed by atoms with Crippen LogP contribution < -0.4 is 5.32 Å². The van der Waals surface area contributed by atoms with Crippen LogP contribution in [0.1, 0.15) is 21.5 Å². The zero-order valence-corrected chi connectivity index (χ0v) is 17.1. The largest absolute Gasteiger partial charge is 0.467 e. The van der Waals surface area contributed by atoms with Crippen molar-refractivity contribution in [1.29, 1.82) is 0 Å². The Kier molecular flexibility index (Phi) is 7.05. The second-order valence-corrected chi connectivity index (χ2v) is 7.44. The van der Waals surface area contributed by atoms with Crippen molar-refractivity contribution in [3.63, 3.8) is 0 Å². The van der Waals surface area contributed by atoms with Crippen LogP contribution in [0.4, 0.5) is 13.2 Å². The van der Waals surface area contributed by atoms with Gasteiger partial charge in [-0.25, -0.2) is 4.79 Å². The number of rotatable bonds is 5. The lowest BCUT2D eigenvalue weighted by Crippen LogP contribution is -2.43. The predicted octanol–water partition coefficient (Wildman–Crippen LogP) is 4.74. The SMILES string of the molecule is COC(=O)[C@@H](Cc1cccc(C(F)(F)F)c1)NC(=O)c1cc(Br)cc(Br)c1. The first-order chi connectivity index (χ1) is 12.6. The van der Waals surface area contributed by atoms with Crippen molar-refractivity contribution in [3.05, 3.63) is 68.1 Å².